The third-order valence-electron chi connectivity index (χ3n) is 3.53. The van der Waals surface area contributed by atoms with E-state index in [4.69, 9.17) is 16.3 Å². The summed E-state index contributed by atoms with van der Waals surface area (Å²) < 4.78 is 19.4. The van der Waals surface area contributed by atoms with E-state index in [1.165, 1.54) is 24.5 Å². The van der Waals surface area contributed by atoms with Crippen LogP contribution in [0.25, 0.3) is 0 Å². The molecule has 22 heavy (non-hydrogen) atoms. The number of amides is 1. The maximum atomic E-state index is 13.7. The van der Waals surface area contributed by atoms with E-state index in [9.17, 15) is 9.18 Å². The Labute approximate surface area is 131 Å². The number of rotatable bonds is 4. The van der Waals surface area contributed by atoms with Gasteiger partial charge in [-0.1, -0.05) is 17.7 Å². The van der Waals surface area contributed by atoms with Gasteiger partial charge >= 0.3 is 0 Å². The number of hydrogen-bond donors (Lipinski definition) is 2. The van der Waals surface area contributed by atoms with Gasteiger partial charge in [-0.25, -0.2) is 9.37 Å². The van der Waals surface area contributed by atoms with Gasteiger partial charge in [-0.05, 0) is 25.0 Å². The minimum Gasteiger partial charge on any atom is -0.365 e. The van der Waals surface area contributed by atoms with Crippen molar-refractivity contribution < 1.29 is 13.9 Å². The highest BCUT2D eigenvalue weighted by Crippen LogP contribution is 2.30. The molecule has 0 radical (unpaired) electrons. The smallest absolute Gasteiger partial charge is 0.255 e. The molecule has 3 rings (SSSR count). The van der Waals surface area contributed by atoms with Gasteiger partial charge in [0.2, 0.25) is 0 Å². The number of H-pyrrole nitrogens is 1. The van der Waals surface area contributed by atoms with E-state index in [2.05, 4.69) is 20.5 Å². The van der Waals surface area contributed by atoms with Gasteiger partial charge in [-0.2, -0.15) is 5.10 Å². The molecule has 2 aromatic rings. The number of aromatic nitrogens is 3. The molecule has 1 amide bonds. The van der Waals surface area contributed by atoms with E-state index in [1.54, 1.807) is 0 Å². The number of carbonyl (C=O) groups is 1. The van der Waals surface area contributed by atoms with E-state index >= 15 is 0 Å². The molecule has 2 N–H and O–H groups in total. The SMILES string of the molecule is O=C(NC[C@H]1CC[C@@H](c2ncn[nH]2)O1)c1c(F)cccc1Cl. The lowest BCUT2D eigenvalue weighted by Crippen LogP contribution is -2.32. The van der Waals surface area contributed by atoms with E-state index in [-0.39, 0.29) is 29.3 Å². The monoisotopic (exact) mass is 324 g/mol. The zero-order valence-electron chi connectivity index (χ0n) is 11.6. The standard InChI is InChI=1S/C14H14ClFN4O2/c15-9-2-1-3-10(16)12(9)14(21)17-6-8-4-5-11(22-8)13-18-7-19-20-13/h1-3,7-8,11H,4-6H2,(H,17,21)(H,18,19,20)/t8-,11+/m1/s1. The van der Waals surface area contributed by atoms with Gasteiger partial charge in [0.15, 0.2) is 5.82 Å². The molecule has 0 bridgehead atoms. The van der Waals surface area contributed by atoms with Crippen molar-refractivity contribution in [1.29, 1.82) is 0 Å². The third kappa shape index (κ3) is 3.10. The summed E-state index contributed by atoms with van der Waals surface area (Å²) >= 11 is 5.86. The molecule has 1 aliphatic rings. The first-order valence-corrected chi connectivity index (χ1v) is 7.26. The Kier molecular flexibility index (Phi) is 4.35. The van der Waals surface area contributed by atoms with E-state index in [0.717, 1.165) is 12.8 Å². The van der Waals surface area contributed by atoms with Crippen molar-refractivity contribution in [3.63, 3.8) is 0 Å². The fourth-order valence-corrected chi connectivity index (χ4v) is 2.69. The summed E-state index contributed by atoms with van der Waals surface area (Å²) in [7, 11) is 0. The molecule has 1 fully saturated rings. The summed E-state index contributed by atoms with van der Waals surface area (Å²) in [6.45, 7) is 0.286. The van der Waals surface area contributed by atoms with Gasteiger partial charge in [0.1, 0.15) is 18.2 Å². The number of benzene rings is 1. The largest absolute Gasteiger partial charge is 0.365 e. The lowest BCUT2D eigenvalue weighted by molar-refractivity contribution is 0.0392. The van der Waals surface area contributed by atoms with Crippen LogP contribution in [0.2, 0.25) is 5.02 Å². The summed E-state index contributed by atoms with van der Waals surface area (Å²) in [6.07, 6.45) is 2.69. The average Bonchev–Trinajstić information content (AvgIpc) is 3.16. The van der Waals surface area contributed by atoms with Crippen molar-refractivity contribution in [2.75, 3.05) is 6.54 Å². The molecule has 2 heterocycles. The summed E-state index contributed by atoms with van der Waals surface area (Å²) in [5, 5.41) is 9.29. The Balaban J connectivity index is 1.56. The molecule has 0 saturated carbocycles. The molecule has 6 nitrogen and oxygen atoms in total. The number of halogens is 2. The van der Waals surface area contributed by atoms with Gasteiger partial charge in [0.05, 0.1) is 16.7 Å². The van der Waals surface area contributed by atoms with Crippen LogP contribution < -0.4 is 5.32 Å². The van der Waals surface area contributed by atoms with E-state index in [1.807, 2.05) is 0 Å². The van der Waals surface area contributed by atoms with Crippen LogP contribution >= 0.6 is 11.6 Å². The van der Waals surface area contributed by atoms with Crippen LogP contribution in [-0.4, -0.2) is 33.7 Å². The molecule has 0 spiro atoms. The maximum Gasteiger partial charge on any atom is 0.255 e. The highest BCUT2D eigenvalue weighted by atomic mass is 35.5. The number of nitrogens with one attached hydrogen (secondary N) is 2. The molecule has 1 aromatic heterocycles. The van der Waals surface area contributed by atoms with Crippen LogP contribution in [-0.2, 0) is 4.74 Å². The number of nitrogens with zero attached hydrogens (tertiary/aromatic N) is 2. The van der Waals surface area contributed by atoms with Gasteiger partial charge in [-0.15, -0.1) is 0 Å². The predicted octanol–water partition coefficient (Wildman–Crippen LogP) is 2.25. The first kappa shape index (κ1) is 14.9. The second-order valence-corrected chi connectivity index (χ2v) is 5.41. The molecule has 1 saturated heterocycles. The highest BCUT2D eigenvalue weighted by Gasteiger charge is 2.29. The molecule has 1 aromatic carbocycles. The number of carbonyl (C=O) groups excluding carboxylic acids is 1. The van der Waals surface area contributed by atoms with Crippen molar-refractivity contribution in [2.24, 2.45) is 0 Å². The Bertz CT molecular complexity index is 645. The Morgan fingerprint density at radius 2 is 2.36 bits per heavy atom. The van der Waals surface area contributed by atoms with Crippen molar-refractivity contribution in [3.8, 4) is 0 Å². The minimum atomic E-state index is -0.642. The van der Waals surface area contributed by atoms with Gasteiger partial charge < -0.3 is 10.1 Å². The van der Waals surface area contributed by atoms with E-state index < -0.39 is 11.7 Å². The lowest BCUT2D eigenvalue weighted by Gasteiger charge is -2.13. The molecule has 1 aliphatic heterocycles. The normalized spacial score (nSPS) is 21.0. The minimum absolute atomic E-state index is 0.0874. The second kappa shape index (κ2) is 6.41. The fourth-order valence-electron chi connectivity index (χ4n) is 2.44. The molecule has 8 heteroatoms. The zero-order valence-corrected chi connectivity index (χ0v) is 12.3. The van der Waals surface area contributed by atoms with Crippen LogP contribution in [0.5, 0.6) is 0 Å². The van der Waals surface area contributed by atoms with E-state index in [0.29, 0.717) is 5.82 Å². The third-order valence-corrected chi connectivity index (χ3v) is 3.84. The molecule has 0 aliphatic carbocycles. The summed E-state index contributed by atoms with van der Waals surface area (Å²) in [6, 6.07) is 4.13. The van der Waals surface area contributed by atoms with Gasteiger partial charge in [0.25, 0.3) is 5.91 Å². The van der Waals surface area contributed by atoms with Crippen molar-refractivity contribution >= 4 is 17.5 Å². The van der Waals surface area contributed by atoms with Crippen LogP contribution in [0.3, 0.4) is 0 Å². The van der Waals surface area contributed by atoms with Crippen molar-refractivity contribution in [3.05, 3.63) is 46.8 Å². The molecular formula is C14H14ClFN4O2. The van der Waals surface area contributed by atoms with Crippen LogP contribution in [0.1, 0.15) is 35.1 Å². The topological polar surface area (TPSA) is 79.9 Å². The Morgan fingerprint density at radius 1 is 1.50 bits per heavy atom. The molecule has 2 atom stereocenters. The van der Waals surface area contributed by atoms with Crippen molar-refractivity contribution in [1.82, 2.24) is 20.5 Å². The number of ether oxygens (including phenoxy) is 1. The lowest BCUT2D eigenvalue weighted by atomic mass is 10.1. The summed E-state index contributed by atoms with van der Waals surface area (Å²) in [4.78, 5) is 16.1. The summed E-state index contributed by atoms with van der Waals surface area (Å²) in [5.74, 6) is -0.516. The van der Waals surface area contributed by atoms with Crippen molar-refractivity contribution in [2.45, 2.75) is 25.0 Å². The number of aromatic amines is 1. The Hall–Kier alpha value is -1.99. The fraction of sp³-hybridized carbons (Fsp3) is 0.357. The zero-order chi connectivity index (χ0) is 15.5. The summed E-state index contributed by atoms with van der Waals surface area (Å²) in [5.41, 5.74) is -0.144. The first-order valence-electron chi connectivity index (χ1n) is 6.88. The van der Waals surface area contributed by atoms with Crippen LogP contribution in [0, 0.1) is 5.82 Å². The number of hydrogen-bond acceptors (Lipinski definition) is 4. The maximum absolute atomic E-state index is 13.7. The molecule has 0 unspecified atom stereocenters. The second-order valence-electron chi connectivity index (χ2n) is 5.00. The Morgan fingerprint density at radius 3 is 3.09 bits per heavy atom. The quantitative estimate of drug-likeness (QED) is 0.904. The molecular weight excluding hydrogens is 311 g/mol. The highest BCUT2D eigenvalue weighted by molar-refractivity contribution is 6.33. The average molecular weight is 325 g/mol. The van der Waals surface area contributed by atoms with Gasteiger partial charge in [0, 0.05) is 6.54 Å². The van der Waals surface area contributed by atoms with Crippen LogP contribution in [0.4, 0.5) is 4.39 Å². The molecule has 116 valence electrons. The van der Waals surface area contributed by atoms with Gasteiger partial charge in [-0.3, -0.25) is 9.89 Å². The predicted molar refractivity (Wildman–Crippen MR) is 77.0 cm³/mol. The first-order chi connectivity index (χ1) is 10.6. The van der Waals surface area contributed by atoms with Crippen LogP contribution in [0.15, 0.2) is 24.5 Å².